The average molecular weight is 496 g/mol. The molecule has 3 aromatic carbocycles. The van der Waals surface area contributed by atoms with E-state index in [2.05, 4.69) is 0 Å². The summed E-state index contributed by atoms with van der Waals surface area (Å²) in [5, 5.41) is 0.657. The van der Waals surface area contributed by atoms with Crippen LogP contribution in [0.4, 0.5) is 0 Å². The predicted octanol–water partition coefficient (Wildman–Crippen LogP) is 6.72. The van der Waals surface area contributed by atoms with E-state index in [1.54, 1.807) is 4.90 Å². The maximum absolute atomic E-state index is 13.0. The molecule has 1 fully saturated rings. The zero-order valence-electron chi connectivity index (χ0n) is 18.0. The topological polar surface area (TPSA) is 38.8 Å². The van der Waals surface area contributed by atoms with E-state index in [-0.39, 0.29) is 5.91 Å². The number of carbonyl (C=O) groups is 1. The third-order valence-electron chi connectivity index (χ3n) is 4.96. The summed E-state index contributed by atoms with van der Waals surface area (Å²) in [7, 11) is 0. The molecule has 0 saturated carbocycles. The number of hydrogen-bond donors (Lipinski definition) is 0. The molecule has 0 atom stereocenters. The minimum atomic E-state index is -0.0918. The fraction of sp³-hybridized carbons (Fsp3) is 0.154. The second-order valence-corrected chi connectivity index (χ2v) is 9.36. The van der Waals surface area contributed by atoms with E-state index < -0.39 is 0 Å². The third-order valence-corrected chi connectivity index (χ3v) is 6.71. The van der Waals surface area contributed by atoms with Crippen LogP contribution in [0.5, 0.6) is 11.5 Å². The second kappa shape index (κ2) is 10.9. The molecule has 1 aliphatic rings. The molecule has 4 rings (SSSR count). The standard InChI is InChI=1S/C26H22ClNO3S2/c1-2-30-23-14-19(12-13-22(23)31-17-20-10-6-7-11-21(20)27)15-24-25(29)28(26(32)33-24)16-18-8-4-3-5-9-18/h3-15H,2,16-17H2,1H3. The molecule has 0 aromatic heterocycles. The van der Waals surface area contributed by atoms with E-state index in [0.717, 1.165) is 16.7 Å². The Hall–Kier alpha value is -2.80. The molecule has 0 spiro atoms. The predicted molar refractivity (Wildman–Crippen MR) is 139 cm³/mol. The highest BCUT2D eigenvalue weighted by molar-refractivity contribution is 8.26. The van der Waals surface area contributed by atoms with E-state index in [9.17, 15) is 4.79 Å². The molecular weight excluding hydrogens is 474 g/mol. The Labute approximate surface area is 208 Å². The number of amides is 1. The minimum absolute atomic E-state index is 0.0918. The summed E-state index contributed by atoms with van der Waals surface area (Å²) >= 11 is 13.0. The summed E-state index contributed by atoms with van der Waals surface area (Å²) in [6.45, 7) is 3.20. The second-order valence-electron chi connectivity index (χ2n) is 7.27. The van der Waals surface area contributed by atoms with Gasteiger partial charge in [0.15, 0.2) is 11.5 Å². The summed E-state index contributed by atoms with van der Waals surface area (Å²) in [6.07, 6.45) is 1.84. The van der Waals surface area contributed by atoms with Crippen molar-refractivity contribution in [1.29, 1.82) is 0 Å². The third kappa shape index (κ3) is 5.77. The van der Waals surface area contributed by atoms with Crippen LogP contribution in [0, 0.1) is 0 Å². The van der Waals surface area contributed by atoms with Crippen molar-refractivity contribution in [1.82, 2.24) is 4.90 Å². The number of thiocarbonyl (C=S) groups is 1. The monoisotopic (exact) mass is 495 g/mol. The van der Waals surface area contributed by atoms with Crippen LogP contribution in [0.25, 0.3) is 6.08 Å². The molecule has 0 N–H and O–H groups in total. The lowest BCUT2D eigenvalue weighted by Gasteiger charge is -2.14. The molecule has 3 aromatic rings. The number of halogens is 1. The van der Waals surface area contributed by atoms with Gasteiger partial charge in [-0.2, -0.15) is 0 Å². The van der Waals surface area contributed by atoms with Crippen LogP contribution >= 0.6 is 35.6 Å². The lowest BCUT2D eigenvalue weighted by molar-refractivity contribution is -0.122. The van der Waals surface area contributed by atoms with Gasteiger partial charge in [-0.25, -0.2) is 0 Å². The molecule has 0 unspecified atom stereocenters. The molecule has 168 valence electrons. The van der Waals surface area contributed by atoms with Crippen LogP contribution in [0.1, 0.15) is 23.6 Å². The molecule has 33 heavy (non-hydrogen) atoms. The number of benzene rings is 3. The number of carbonyl (C=O) groups excluding carboxylic acids is 1. The molecule has 1 amide bonds. The normalized spacial score (nSPS) is 14.7. The number of hydrogen-bond acceptors (Lipinski definition) is 5. The van der Waals surface area contributed by atoms with E-state index in [0.29, 0.717) is 45.5 Å². The van der Waals surface area contributed by atoms with Gasteiger partial charge in [0.25, 0.3) is 5.91 Å². The number of nitrogens with zero attached hydrogens (tertiary/aromatic N) is 1. The Balaban J connectivity index is 1.51. The smallest absolute Gasteiger partial charge is 0.266 e. The van der Waals surface area contributed by atoms with Gasteiger partial charge in [0.1, 0.15) is 10.9 Å². The van der Waals surface area contributed by atoms with Gasteiger partial charge in [-0.15, -0.1) is 0 Å². The minimum Gasteiger partial charge on any atom is -0.490 e. The van der Waals surface area contributed by atoms with Crippen molar-refractivity contribution < 1.29 is 14.3 Å². The Bertz CT molecular complexity index is 1200. The highest BCUT2D eigenvalue weighted by Gasteiger charge is 2.32. The van der Waals surface area contributed by atoms with Crippen molar-refractivity contribution in [3.8, 4) is 11.5 Å². The van der Waals surface area contributed by atoms with Crippen LogP contribution in [0.2, 0.25) is 5.02 Å². The summed E-state index contributed by atoms with van der Waals surface area (Å²) < 4.78 is 12.3. The fourth-order valence-electron chi connectivity index (χ4n) is 3.33. The SMILES string of the molecule is CCOc1cc(C=C2SC(=S)N(Cc3ccccc3)C2=O)ccc1OCc1ccccc1Cl. The molecule has 1 saturated heterocycles. The van der Waals surface area contributed by atoms with Crippen LogP contribution in [0.15, 0.2) is 77.7 Å². The maximum atomic E-state index is 13.0. The lowest BCUT2D eigenvalue weighted by Crippen LogP contribution is -2.27. The first kappa shape index (κ1) is 23.4. The van der Waals surface area contributed by atoms with Crippen molar-refractivity contribution in [2.45, 2.75) is 20.1 Å². The molecule has 4 nitrogen and oxygen atoms in total. The molecule has 0 bridgehead atoms. The number of ether oxygens (including phenoxy) is 2. The zero-order valence-corrected chi connectivity index (χ0v) is 20.4. The van der Waals surface area contributed by atoms with E-state index in [4.69, 9.17) is 33.3 Å². The first-order valence-corrected chi connectivity index (χ1v) is 12.1. The highest BCUT2D eigenvalue weighted by Crippen LogP contribution is 2.36. The van der Waals surface area contributed by atoms with E-state index in [1.807, 2.05) is 85.8 Å². The van der Waals surface area contributed by atoms with Crippen molar-refractivity contribution in [2.24, 2.45) is 0 Å². The molecule has 0 radical (unpaired) electrons. The van der Waals surface area contributed by atoms with Crippen molar-refractivity contribution in [3.63, 3.8) is 0 Å². The van der Waals surface area contributed by atoms with Crippen LogP contribution in [-0.2, 0) is 17.9 Å². The molecule has 1 aliphatic heterocycles. The Morgan fingerprint density at radius 3 is 2.52 bits per heavy atom. The van der Waals surface area contributed by atoms with Gasteiger partial charge in [-0.05, 0) is 42.3 Å². The van der Waals surface area contributed by atoms with Crippen LogP contribution < -0.4 is 9.47 Å². The summed E-state index contributed by atoms with van der Waals surface area (Å²) in [4.78, 5) is 15.2. The van der Waals surface area contributed by atoms with Crippen molar-refractivity contribution >= 4 is 51.9 Å². The zero-order chi connectivity index (χ0) is 23.2. The van der Waals surface area contributed by atoms with Gasteiger partial charge in [0.2, 0.25) is 0 Å². The van der Waals surface area contributed by atoms with E-state index >= 15 is 0 Å². The van der Waals surface area contributed by atoms with Gasteiger partial charge in [-0.3, -0.25) is 9.69 Å². The maximum Gasteiger partial charge on any atom is 0.266 e. The van der Waals surface area contributed by atoms with Gasteiger partial charge >= 0.3 is 0 Å². The average Bonchev–Trinajstić information content (AvgIpc) is 3.08. The molecule has 1 heterocycles. The Morgan fingerprint density at radius 1 is 1.00 bits per heavy atom. The first-order valence-electron chi connectivity index (χ1n) is 10.5. The Kier molecular flexibility index (Phi) is 7.70. The Morgan fingerprint density at radius 2 is 1.76 bits per heavy atom. The van der Waals surface area contributed by atoms with Crippen LogP contribution in [-0.4, -0.2) is 21.7 Å². The summed E-state index contributed by atoms with van der Waals surface area (Å²) in [6, 6.07) is 23.0. The van der Waals surface area contributed by atoms with Gasteiger partial charge < -0.3 is 9.47 Å². The molecule has 0 aliphatic carbocycles. The molecular formula is C26H22ClNO3S2. The highest BCUT2D eigenvalue weighted by atomic mass is 35.5. The van der Waals surface area contributed by atoms with E-state index in [1.165, 1.54) is 11.8 Å². The largest absolute Gasteiger partial charge is 0.490 e. The lowest BCUT2D eigenvalue weighted by atomic mass is 10.1. The molecule has 7 heteroatoms. The fourth-order valence-corrected chi connectivity index (χ4v) is 4.77. The first-order chi connectivity index (χ1) is 16.0. The van der Waals surface area contributed by atoms with Gasteiger partial charge in [0.05, 0.1) is 18.1 Å². The number of thioether (sulfide) groups is 1. The summed E-state index contributed by atoms with van der Waals surface area (Å²) in [5.41, 5.74) is 2.77. The summed E-state index contributed by atoms with van der Waals surface area (Å²) in [5.74, 6) is 1.13. The van der Waals surface area contributed by atoms with Crippen molar-refractivity contribution in [3.05, 3.63) is 99.4 Å². The van der Waals surface area contributed by atoms with Gasteiger partial charge in [0, 0.05) is 10.6 Å². The quantitative estimate of drug-likeness (QED) is 0.256. The number of rotatable bonds is 8. The van der Waals surface area contributed by atoms with Crippen molar-refractivity contribution in [2.75, 3.05) is 6.61 Å². The van der Waals surface area contributed by atoms with Crippen LogP contribution in [0.3, 0.4) is 0 Å². The van der Waals surface area contributed by atoms with Gasteiger partial charge in [-0.1, -0.05) is 90.2 Å².